The Morgan fingerprint density at radius 1 is 1.16 bits per heavy atom. The zero-order valence-electron chi connectivity index (χ0n) is 14.2. The van der Waals surface area contributed by atoms with Crippen molar-refractivity contribution >= 4 is 27.9 Å². The second-order valence-electron chi connectivity index (χ2n) is 6.35. The van der Waals surface area contributed by atoms with Gasteiger partial charge in [0.2, 0.25) is 5.13 Å². The van der Waals surface area contributed by atoms with Gasteiger partial charge in [0.15, 0.2) is 0 Å². The average molecular weight is 349 g/mol. The minimum Gasteiger partial charge on any atom is -0.374 e. The lowest BCUT2D eigenvalue weighted by atomic mass is 10.0. The summed E-state index contributed by atoms with van der Waals surface area (Å²) in [5.74, 6) is 0.898. The van der Waals surface area contributed by atoms with Crippen molar-refractivity contribution in [1.82, 2.24) is 15.2 Å². The average Bonchev–Trinajstić information content (AvgIpc) is 3.20. The maximum absolute atomic E-state index is 5.72. The first-order valence-electron chi connectivity index (χ1n) is 8.27. The minimum absolute atomic E-state index is 0.349. The Labute approximate surface area is 150 Å². The van der Waals surface area contributed by atoms with Crippen molar-refractivity contribution < 1.29 is 0 Å². The number of allylic oxidation sites excluding steroid dienone is 1. The van der Waals surface area contributed by atoms with Crippen LogP contribution in [0, 0.1) is 0 Å². The lowest BCUT2D eigenvalue weighted by Crippen LogP contribution is -2.11. The van der Waals surface area contributed by atoms with Crippen molar-refractivity contribution in [3.05, 3.63) is 59.3 Å². The second-order valence-corrected chi connectivity index (χ2v) is 7.36. The van der Waals surface area contributed by atoms with Crippen molar-refractivity contribution in [3.8, 4) is 10.6 Å². The Kier molecular flexibility index (Phi) is 3.97. The molecule has 0 atom stereocenters. The van der Waals surface area contributed by atoms with E-state index in [9.17, 15) is 0 Å². The van der Waals surface area contributed by atoms with Crippen LogP contribution < -0.4 is 11.1 Å². The molecule has 3 N–H and O–H groups in total. The molecular formula is C19H19N5S. The number of nitrogens with two attached hydrogens (primary N) is 1. The summed E-state index contributed by atoms with van der Waals surface area (Å²) in [5.41, 5.74) is 11.4. The van der Waals surface area contributed by atoms with E-state index in [1.165, 1.54) is 28.0 Å². The molecule has 0 amide bonds. The molecule has 0 spiro atoms. The lowest BCUT2D eigenvalue weighted by Gasteiger charge is -2.12. The van der Waals surface area contributed by atoms with E-state index in [0.29, 0.717) is 11.2 Å². The van der Waals surface area contributed by atoms with Crippen molar-refractivity contribution in [2.75, 3.05) is 11.1 Å². The molecule has 2 aromatic heterocycles. The Morgan fingerprint density at radius 3 is 2.80 bits per heavy atom. The summed E-state index contributed by atoms with van der Waals surface area (Å²) >= 11 is 1.40. The van der Waals surface area contributed by atoms with Gasteiger partial charge in [-0.2, -0.15) is 0 Å². The molecule has 5 nitrogen and oxygen atoms in total. The third kappa shape index (κ3) is 3.13. The fraction of sp³-hybridized carbons (Fsp3) is 0.211. The summed E-state index contributed by atoms with van der Waals surface area (Å²) in [7, 11) is 0. The number of benzene rings is 1. The van der Waals surface area contributed by atoms with Gasteiger partial charge in [-0.25, -0.2) is 4.98 Å². The van der Waals surface area contributed by atoms with Gasteiger partial charge in [-0.3, -0.25) is 0 Å². The van der Waals surface area contributed by atoms with Crippen LogP contribution in [-0.4, -0.2) is 21.2 Å². The minimum atomic E-state index is 0.349. The van der Waals surface area contributed by atoms with Crippen LogP contribution >= 0.6 is 11.3 Å². The Balaban J connectivity index is 1.71. The van der Waals surface area contributed by atoms with Crippen LogP contribution in [-0.2, 0) is 6.42 Å². The van der Waals surface area contributed by atoms with Crippen molar-refractivity contribution in [2.45, 2.75) is 26.3 Å². The fourth-order valence-electron chi connectivity index (χ4n) is 3.01. The Hall–Kier alpha value is -2.73. The normalized spacial score (nSPS) is 13.0. The first-order chi connectivity index (χ1) is 12.1. The molecule has 0 radical (unpaired) electrons. The molecule has 2 heterocycles. The number of nitrogens with one attached hydrogen (secondary N) is 1. The summed E-state index contributed by atoms with van der Waals surface area (Å²) in [6, 6.07) is 12.9. The molecular weight excluding hydrogens is 330 g/mol. The van der Waals surface area contributed by atoms with Crippen molar-refractivity contribution in [3.63, 3.8) is 0 Å². The standard InChI is InChI=1S/C19H19N5S/c1-11(2)21-17-5-3-4-16(22-17)14-9-8-12-6-7-13(10-15(12)14)18-23-24-19(20)25-18/h3-7,9-11H,8H2,1-2H3,(H2,20,24)(H,21,22). The highest BCUT2D eigenvalue weighted by atomic mass is 32.1. The zero-order valence-corrected chi connectivity index (χ0v) is 15.0. The van der Waals surface area contributed by atoms with E-state index >= 15 is 0 Å². The van der Waals surface area contributed by atoms with E-state index in [4.69, 9.17) is 10.7 Å². The Morgan fingerprint density at radius 2 is 2.04 bits per heavy atom. The van der Waals surface area contributed by atoms with E-state index in [1.807, 2.05) is 12.1 Å². The Bertz CT molecular complexity index is 958. The van der Waals surface area contributed by atoms with Gasteiger partial charge in [-0.1, -0.05) is 35.6 Å². The molecule has 0 saturated heterocycles. The number of hydrogen-bond donors (Lipinski definition) is 2. The van der Waals surface area contributed by atoms with Crippen LogP contribution in [0.1, 0.15) is 30.7 Å². The van der Waals surface area contributed by atoms with Gasteiger partial charge in [0.25, 0.3) is 0 Å². The first-order valence-corrected chi connectivity index (χ1v) is 9.08. The molecule has 1 aromatic carbocycles. The molecule has 3 aromatic rings. The number of aromatic nitrogens is 3. The maximum Gasteiger partial charge on any atom is 0.203 e. The topological polar surface area (TPSA) is 76.7 Å². The number of anilines is 2. The van der Waals surface area contributed by atoms with E-state index in [2.05, 4.69) is 59.7 Å². The summed E-state index contributed by atoms with van der Waals surface area (Å²) in [6.07, 6.45) is 3.16. The van der Waals surface area contributed by atoms with Crippen LogP contribution in [0.3, 0.4) is 0 Å². The largest absolute Gasteiger partial charge is 0.374 e. The number of nitrogen functional groups attached to an aromatic ring is 1. The third-order valence-corrected chi connectivity index (χ3v) is 4.88. The molecule has 126 valence electrons. The number of fused-ring (bicyclic) bond motifs is 1. The van der Waals surface area contributed by atoms with Crippen molar-refractivity contribution in [2.24, 2.45) is 0 Å². The molecule has 0 saturated carbocycles. The highest BCUT2D eigenvalue weighted by molar-refractivity contribution is 7.18. The third-order valence-electron chi connectivity index (χ3n) is 4.08. The van der Waals surface area contributed by atoms with Gasteiger partial charge in [0.1, 0.15) is 10.8 Å². The van der Waals surface area contributed by atoms with Gasteiger partial charge >= 0.3 is 0 Å². The van der Waals surface area contributed by atoms with Gasteiger partial charge in [0.05, 0.1) is 5.69 Å². The highest BCUT2D eigenvalue weighted by Gasteiger charge is 2.18. The molecule has 0 fully saturated rings. The summed E-state index contributed by atoms with van der Waals surface area (Å²) in [6.45, 7) is 4.22. The summed E-state index contributed by atoms with van der Waals surface area (Å²) < 4.78 is 0. The molecule has 0 unspecified atom stereocenters. The van der Waals surface area contributed by atoms with Crippen LogP contribution in [0.15, 0.2) is 42.5 Å². The number of rotatable bonds is 4. The molecule has 4 rings (SSSR count). The molecule has 6 heteroatoms. The molecule has 1 aliphatic rings. The highest BCUT2D eigenvalue weighted by Crippen LogP contribution is 2.36. The van der Waals surface area contributed by atoms with Crippen LogP contribution in [0.2, 0.25) is 0 Å². The predicted molar refractivity (Wildman–Crippen MR) is 104 cm³/mol. The second kappa shape index (κ2) is 6.29. The SMILES string of the molecule is CC(C)Nc1cccc(C2=CCc3ccc(-c4nnc(N)s4)cc32)n1. The number of pyridine rings is 1. The quantitative estimate of drug-likeness (QED) is 0.745. The summed E-state index contributed by atoms with van der Waals surface area (Å²) in [4.78, 5) is 4.78. The van der Waals surface area contributed by atoms with E-state index in [1.54, 1.807) is 0 Å². The molecule has 25 heavy (non-hydrogen) atoms. The van der Waals surface area contributed by atoms with E-state index in [0.717, 1.165) is 28.5 Å². The smallest absolute Gasteiger partial charge is 0.203 e. The van der Waals surface area contributed by atoms with Gasteiger partial charge in [-0.15, -0.1) is 10.2 Å². The van der Waals surface area contributed by atoms with Gasteiger partial charge in [0, 0.05) is 17.2 Å². The van der Waals surface area contributed by atoms with Gasteiger partial charge < -0.3 is 11.1 Å². The maximum atomic E-state index is 5.72. The fourth-order valence-corrected chi connectivity index (χ4v) is 3.62. The van der Waals surface area contributed by atoms with Crippen LogP contribution in [0.25, 0.3) is 16.1 Å². The summed E-state index contributed by atoms with van der Waals surface area (Å²) in [5, 5.41) is 12.8. The van der Waals surface area contributed by atoms with Crippen molar-refractivity contribution in [1.29, 1.82) is 0 Å². The molecule has 1 aliphatic carbocycles. The molecule has 0 bridgehead atoms. The lowest BCUT2D eigenvalue weighted by molar-refractivity contribution is 0.888. The van der Waals surface area contributed by atoms with Gasteiger partial charge in [-0.05, 0) is 49.6 Å². The number of hydrogen-bond acceptors (Lipinski definition) is 6. The monoisotopic (exact) mass is 349 g/mol. The zero-order chi connectivity index (χ0) is 17.4. The van der Waals surface area contributed by atoms with E-state index < -0.39 is 0 Å². The van der Waals surface area contributed by atoms with Crippen LogP contribution in [0.5, 0.6) is 0 Å². The number of nitrogens with zero attached hydrogens (tertiary/aromatic N) is 3. The van der Waals surface area contributed by atoms with E-state index in [-0.39, 0.29) is 0 Å². The predicted octanol–water partition coefficient (Wildman–Crippen LogP) is 3.99. The molecule has 0 aliphatic heterocycles. The van der Waals surface area contributed by atoms with Crippen LogP contribution in [0.4, 0.5) is 10.9 Å². The first kappa shape index (κ1) is 15.8.